The number of likely N-dealkylation sites (N-methyl/N-ethyl adjacent to an activating group) is 1. The van der Waals surface area contributed by atoms with Crippen LogP contribution in [-0.2, 0) is 4.79 Å². The molecule has 1 heterocycles. The summed E-state index contributed by atoms with van der Waals surface area (Å²) in [5.41, 5.74) is 0. The van der Waals surface area contributed by atoms with Crippen LogP contribution in [0.5, 0.6) is 0 Å². The average molecular weight is 233 g/mol. The number of hydrogen-bond donors (Lipinski definition) is 2. The smallest absolute Gasteiger partial charge is 0.475 e. The van der Waals surface area contributed by atoms with E-state index in [1.165, 1.54) is 4.90 Å². The lowest BCUT2D eigenvalue weighted by Gasteiger charge is -2.25. The van der Waals surface area contributed by atoms with Gasteiger partial charge < -0.3 is 15.3 Å². The summed E-state index contributed by atoms with van der Waals surface area (Å²) in [6.07, 6.45) is -5.08. The fourth-order valence-corrected chi connectivity index (χ4v) is 0.777. The third kappa shape index (κ3) is 7.15. The van der Waals surface area contributed by atoms with Crippen LogP contribution < -0.4 is 5.32 Å². The first kappa shape index (κ1) is 7.45. The molecule has 1 fully saturated rings. The molecule has 2 N–H and O–H groups in total. The predicted octanol–water partition coefficient (Wildman–Crippen LogP) is 0.545. The van der Waals surface area contributed by atoms with Crippen LogP contribution in [0.1, 0.15) is 13.7 Å². The lowest BCUT2D eigenvalue weighted by atomic mass is 10.4. The summed E-state index contributed by atoms with van der Waals surface area (Å²) < 4.78 is 67.9. The van der Waals surface area contributed by atoms with Gasteiger partial charge in [0.05, 0.1) is 0 Å². The number of nitrogens with zero attached hydrogens (tertiary/aromatic N) is 1. The van der Waals surface area contributed by atoms with Gasteiger partial charge in [0.1, 0.15) is 0 Å². The van der Waals surface area contributed by atoms with E-state index in [1.807, 2.05) is 0 Å². The summed E-state index contributed by atoms with van der Waals surface area (Å²) in [6.45, 7) is -2.57. The highest BCUT2D eigenvalue weighted by Crippen LogP contribution is 2.13. The van der Waals surface area contributed by atoms with E-state index in [2.05, 4.69) is 5.32 Å². The van der Waals surface area contributed by atoms with Crippen LogP contribution in [0.25, 0.3) is 0 Å². The van der Waals surface area contributed by atoms with Crippen molar-refractivity contribution in [3.63, 3.8) is 0 Å². The lowest BCUT2D eigenvalue weighted by Crippen LogP contribution is -2.43. The van der Waals surface area contributed by atoms with Gasteiger partial charge in [-0.1, -0.05) is 6.85 Å². The Morgan fingerprint density at radius 2 is 2.07 bits per heavy atom. The Morgan fingerprint density at radius 1 is 1.60 bits per heavy atom. The van der Waals surface area contributed by atoms with Crippen molar-refractivity contribution in [2.45, 2.75) is 13.0 Å². The molecule has 0 aromatic heterocycles. The van der Waals surface area contributed by atoms with Gasteiger partial charge in [0.2, 0.25) is 0 Å². The van der Waals surface area contributed by atoms with Crippen molar-refractivity contribution in [3.8, 4) is 0 Å². The Balaban J connectivity index is 0.000000441. The molecule has 0 bridgehead atoms. The Morgan fingerprint density at radius 3 is 2.40 bits per heavy atom. The summed E-state index contributed by atoms with van der Waals surface area (Å²) in [5.74, 6) is -2.76. The SMILES string of the molecule is O=C(O)C(F)(F)F.[2H]C([2H])([2H])C([2H])([2H])N1CCNCC1. The Kier molecular flexibility index (Phi) is 3.29. The van der Waals surface area contributed by atoms with Crippen LogP contribution in [0.4, 0.5) is 13.2 Å². The molecule has 0 spiro atoms. The molecule has 0 atom stereocenters. The van der Waals surface area contributed by atoms with E-state index in [4.69, 9.17) is 16.8 Å². The van der Waals surface area contributed by atoms with Crippen molar-refractivity contribution in [2.24, 2.45) is 0 Å². The zero-order valence-electron chi connectivity index (χ0n) is 12.8. The van der Waals surface area contributed by atoms with Crippen molar-refractivity contribution >= 4 is 5.97 Å². The molecule has 0 radical (unpaired) electrons. The third-order valence-electron chi connectivity index (χ3n) is 1.52. The largest absolute Gasteiger partial charge is 0.490 e. The lowest BCUT2D eigenvalue weighted by molar-refractivity contribution is -0.192. The van der Waals surface area contributed by atoms with Gasteiger partial charge in [0.25, 0.3) is 0 Å². The molecular formula is C8H15F3N2O2. The molecule has 0 saturated carbocycles. The minimum absolute atomic E-state index is 0.450. The second kappa shape index (κ2) is 6.62. The van der Waals surface area contributed by atoms with Crippen LogP contribution in [0.2, 0.25) is 0 Å². The standard InChI is InChI=1S/C6H14N2.C2HF3O2/c1-2-8-5-3-7-4-6-8;3-2(4,5)1(6)7/h7H,2-6H2,1H3;(H,6,7)/i1D3,2D2;. The van der Waals surface area contributed by atoms with Crippen molar-refractivity contribution < 1.29 is 29.9 Å². The second-order valence-corrected chi connectivity index (χ2v) is 2.65. The molecule has 0 unspecified atom stereocenters. The first-order valence-electron chi connectivity index (χ1n) is 6.56. The molecule has 1 saturated heterocycles. The van der Waals surface area contributed by atoms with Gasteiger partial charge in [-0.3, -0.25) is 0 Å². The normalized spacial score (nSPS) is 24.6. The number of piperazine rings is 1. The minimum Gasteiger partial charge on any atom is -0.475 e. The predicted molar refractivity (Wildman–Crippen MR) is 48.7 cm³/mol. The summed E-state index contributed by atoms with van der Waals surface area (Å²) in [4.78, 5) is 10.3. The van der Waals surface area contributed by atoms with Crippen LogP contribution >= 0.6 is 0 Å². The Labute approximate surface area is 93.1 Å². The number of hydrogen-bond acceptors (Lipinski definition) is 3. The van der Waals surface area contributed by atoms with E-state index in [0.717, 1.165) is 0 Å². The Hall–Kier alpha value is -0.820. The molecule has 1 aliphatic rings. The van der Waals surface area contributed by atoms with Crippen LogP contribution in [0.15, 0.2) is 0 Å². The molecule has 1 aliphatic heterocycles. The molecule has 0 aliphatic carbocycles. The number of halogens is 3. The summed E-state index contributed by atoms with van der Waals surface area (Å²) >= 11 is 0. The topological polar surface area (TPSA) is 52.6 Å². The number of rotatable bonds is 1. The average Bonchev–Trinajstić information content (AvgIpc) is 2.28. The number of carboxylic acids is 1. The minimum atomic E-state index is -5.08. The van der Waals surface area contributed by atoms with E-state index in [0.29, 0.717) is 26.2 Å². The van der Waals surface area contributed by atoms with Gasteiger partial charge in [0.15, 0.2) is 0 Å². The number of carbonyl (C=O) groups is 1. The monoisotopic (exact) mass is 233 g/mol. The highest BCUT2D eigenvalue weighted by atomic mass is 19.4. The first-order chi connectivity index (χ1) is 8.80. The molecule has 15 heavy (non-hydrogen) atoms. The van der Waals surface area contributed by atoms with Gasteiger partial charge in [-0.25, -0.2) is 4.79 Å². The van der Waals surface area contributed by atoms with Crippen LogP contribution in [0.3, 0.4) is 0 Å². The Bertz CT molecular complexity index is 329. The van der Waals surface area contributed by atoms with Crippen LogP contribution in [-0.4, -0.2) is 54.8 Å². The van der Waals surface area contributed by atoms with Gasteiger partial charge in [-0.05, 0) is 6.50 Å². The van der Waals surface area contributed by atoms with E-state index < -0.39 is 25.5 Å². The maximum absolute atomic E-state index is 10.6. The molecule has 0 aromatic carbocycles. The van der Waals surface area contributed by atoms with Gasteiger partial charge in [-0.2, -0.15) is 13.2 Å². The van der Waals surface area contributed by atoms with Crippen LogP contribution in [0, 0.1) is 0 Å². The van der Waals surface area contributed by atoms with Crippen molar-refractivity contribution in [3.05, 3.63) is 0 Å². The molecule has 7 heteroatoms. The number of aliphatic carboxylic acids is 1. The van der Waals surface area contributed by atoms with E-state index in [-0.39, 0.29) is 0 Å². The van der Waals surface area contributed by atoms with Gasteiger partial charge >= 0.3 is 12.1 Å². The van der Waals surface area contributed by atoms with E-state index in [1.54, 1.807) is 0 Å². The molecule has 90 valence electrons. The van der Waals surface area contributed by atoms with Gasteiger partial charge in [-0.15, -0.1) is 0 Å². The number of carboxylic acid groups (broad SMARTS) is 1. The fourth-order valence-electron chi connectivity index (χ4n) is 0.777. The second-order valence-electron chi connectivity index (χ2n) is 2.65. The van der Waals surface area contributed by atoms with Crippen molar-refractivity contribution in [2.75, 3.05) is 32.7 Å². The number of alkyl halides is 3. The first-order valence-corrected chi connectivity index (χ1v) is 4.06. The highest BCUT2D eigenvalue weighted by molar-refractivity contribution is 5.73. The molecular weight excluding hydrogens is 213 g/mol. The molecule has 4 nitrogen and oxygen atoms in total. The quantitative estimate of drug-likeness (QED) is 0.694. The molecule has 0 amide bonds. The zero-order chi connectivity index (χ0) is 16.2. The van der Waals surface area contributed by atoms with Crippen molar-refractivity contribution in [1.29, 1.82) is 0 Å². The van der Waals surface area contributed by atoms with E-state index in [9.17, 15) is 13.2 Å². The summed E-state index contributed by atoms with van der Waals surface area (Å²) in [6, 6.07) is 0. The van der Waals surface area contributed by atoms with Gasteiger partial charge in [0, 0.05) is 33.0 Å². The molecule has 0 aromatic rings. The summed E-state index contributed by atoms with van der Waals surface area (Å²) in [7, 11) is 0. The maximum Gasteiger partial charge on any atom is 0.490 e. The fraction of sp³-hybridized carbons (Fsp3) is 0.875. The maximum atomic E-state index is 10.6. The highest BCUT2D eigenvalue weighted by Gasteiger charge is 2.38. The van der Waals surface area contributed by atoms with E-state index >= 15 is 0 Å². The third-order valence-corrected chi connectivity index (χ3v) is 1.52. The number of nitrogens with one attached hydrogen (secondary N) is 1. The van der Waals surface area contributed by atoms with Crippen molar-refractivity contribution in [1.82, 2.24) is 10.2 Å². The zero-order valence-corrected chi connectivity index (χ0v) is 7.76. The summed E-state index contributed by atoms with van der Waals surface area (Å²) in [5, 5.41) is 10.2. The molecule has 1 rings (SSSR count).